The van der Waals surface area contributed by atoms with Gasteiger partial charge < -0.3 is 10.1 Å². The Labute approximate surface area is 102 Å². The molecule has 0 atom stereocenters. The quantitative estimate of drug-likeness (QED) is 0.747. The summed E-state index contributed by atoms with van der Waals surface area (Å²) in [6.45, 7) is 5.85. The number of nitrogens with one attached hydrogen (secondary N) is 1. The molecule has 0 unspecified atom stereocenters. The fourth-order valence-corrected chi connectivity index (χ4v) is 1.64. The van der Waals surface area contributed by atoms with Gasteiger partial charge in [-0.1, -0.05) is 25.4 Å². The van der Waals surface area contributed by atoms with Crippen LogP contribution in [0.15, 0.2) is 18.5 Å². The second-order valence-electron chi connectivity index (χ2n) is 3.65. The van der Waals surface area contributed by atoms with Crippen molar-refractivity contribution in [2.24, 2.45) is 0 Å². The van der Waals surface area contributed by atoms with Crippen LogP contribution < -0.4 is 10.1 Å². The van der Waals surface area contributed by atoms with Crippen molar-refractivity contribution < 1.29 is 4.74 Å². The highest BCUT2D eigenvalue weighted by Gasteiger charge is 2.01. The third-order valence-corrected chi connectivity index (χ3v) is 2.68. The number of ether oxygens (including phenoxy) is 1. The fourth-order valence-electron chi connectivity index (χ4n) is 1.48. The van der Waals surface area contributed by atoms with Crippen LogP contribution in [0.3, 0.4) is 0 Å². The highest BCUT2D eigenvalue weighted by molar-refractivity contribution is 6.30. The third-order valence-electron chi connectivity index (χ3n) is 2.47. The average molecular weight is 243 g/mol. The van der Waals surface area contributed by atoms with Crippen LogP contribution in [0.5, 0.6) is 5.75 Å². The number of nitrogens with zero attached hydrogens (tertiary/aromatic N) is 1. The zero-order chi connectivity index (χ0) is 11.8. The lowest BCUT2D eigenvalue weighted by Gasteiger charge is -2.14. The fraction of sp³-hybridized carbons (Fsp3) is 0.583. The SMILES string of the molecule is CCC(CC)NCCOc1cncc(Cl)c1. The Balaban J connectivity index is 2.20. The minimum Gasteiger partial charge on any atom is -0.491 e. The van der Waals surface area contributed by atoms with E-state index in [1.165, 1.54) is 0 Å². The monoisotopic (exact) mass is 242 g/mol. The van der Waals surface area contributed by atoms with E-state index in [0.29, 0.717) is 17.7 Å². The maximum Gasteiger partial charge on any atom is 0.139 e. The summed E-state index contributed by atoms with van der Waals surface area (Å²) in [5.41, 5.74) is 0. The summed E-state index contributed by atoms with van der Waals surface area (Å²) < 4.78 is 5.52. The van der Waals surface area contributed by atoms with Crippen LogP contribution in [-0.4, -0.2) is 24.2 Å². The highest BCUT2D eigenvalue weighted by atomic mass is 35.5. The summed E-state index contributed by atoms with van der Waals surface area (Å²) in [5, 5.41) is 4.03. The van der Waals surface area contributed by atoms with Crippen molar-refractivity contribution in [3.8, 4) is 5.75 Å². The van der Waals surface area contributed by atoms with Crippen LogP contribution in [0.1, 0.15) is 26.7 Å². The minimum atomic E-state index is 0.584. The van der Waals surface area contributed by atoms with Gasteiger partial charge in [-0.2, -0.15) is 0 Å². The lowest BCUT2D eigenvalue weighted by Crippen LogP contribution is -2.31. The first-order chi connectivity index (χ1) is 7.76. The van der Waals surface area contributed by atoms with Gasteiger partial charge in [0.05, 0.1) is 11.2 Å². The molecule has 0 bridgehead atoms. The molecule has 1 aromatic rings. The number of hydrogen-bond acceptors (Lipinski definition) is 3. The Morgan fingerprint density at radius 1 is 1.38 bits per heavy atom. The van der Waals surface area contributed by atoms with Gasteiger partial charge in [0.1, 0.15) is 12.4 Å². The van der Waals surface area contributed by atoms with Crippen molar-refractivity contribution in [1.29, 1.82) is 0 Å². The molecule has 0 aromatic carbocycles. The van der Waals surface area contributed by atoms with Gasteiger partial charge in [-0.05, 0) is 12.8 Å². The Morgan fingerprint density at radius 3 is 2.75 bits per heavy atom. The maximum absolute atomic E-state index is 5.79. The Kier molecular flexibility index (Phi) is 6.19. The molecule has 16 heavy (non-hydrogen) atoms. The van der Waals surface area contributed by atoms with Crippen LogP contribution >= 0.6 is 11.6 Å². The van der Waals surface area contributed by atoms with Crippen molar-refractivity contribution in [2.75, 3.05) is 13.2 Å². The van der Waals surface area contributed by atoms with Gasteiger partial charge in [0, 0.05) is 24.8 Å². The molecule has 0 spiro atoms. The normalized spacial score (nSPS) is 10.8. The van der Waals surface area contributed by atoms with E-state index in [-0.39, 0.29) is 0 Å². The van der Waals surface area contributed by atoms with Gasteiger partial charge in [0.15, 0.2) is 0 Å². The molecular formula is C12H19ClN2O. The number of halogens is 1. The van der Waals surface area contributed by atoms with Crippen molar-refractivity contribution in [2.45, 2.75) is 32.7 Å². The van der Waals surface area contributed by atoms with E-state index in [1.807, 2.05) is 0 Å². The lowest BCUT2D eigenvalue weighted by atomic mass is 10.2. The Morgan fingerprint density at radius 2 is 2.12 bits per heavy atom. The predicted molar refractivity (Wildman–Crippen MR) is 67.1 cm³/mol. The van der Waals surface area contributed by atoms with Gasteiger partial charge in [0.2, 0.25) is 0 Å². The van der Waals surface area contributed by atoms with E-state index in [4.69, 9.17) is 16.3 Å². The number of hydrogen-bond donors (Lipinski definition) is 1. The first-order valence-corrected chi connectivity index (χ1v) is 6.10. The van der Waals surface area contributed by atoms with E-state index in [2.05, 4.69) is 24.1 Å². The van der Waals surface area contributed by atoms with Crippen LogP contribution in [0.2, 0.25) is 5.02 Å². The second kappa shape index (κ2) is 7.47. The Hall–Kier alpha value is -0.800. The summed E-state index contributed by atoms with van der Waals surface area (Å²) in [7, 11) is 0. The molecular weight excluding hydrogens is 224 g/mol. The molecule has 1 rings (SSSR count). The van der Waals surface area contributed by atoms with E-state index in [9.17, 15) is 0 Å². The largest absolute Gasteiger partial charge is 0.491 e. The summed E-state index contributed by atoms with van der Waals surface area (Å²) in [6, 6.07) is 2.35. The molecule has 90 valence electrons. The van der Waals surface area contributed by atoms with E-state index in [1.54, 1.807) is 18.5 Å². The topological polar surface area (TPSA) is 34.1 Å². The van der Waals surface area contributed by atoms with E-state index in [0.717, 1.165) is 25.1 Å². The van der Waals surface area contributed by atoms with Gasteiger partial charge in [0.25, 0.3) is 0 Å². The van der Waals surface area contributed by atoms with E-state index >= 15 is 0 Å². The lowest BCUT2D eigenvalue weighted by molar-refractivity contribution is 0.301. The molecule has 3 nitrogen and oxygen atoms in total. The van der Waals surface area contributed by atoms with Gasteiger partial charge in [-0.3, -0.25) is 4.98 Å². The van der Waals surface area contributed by atoms with E-state index < -0.39 is 0 Å². The van der Waals surface area contributed by atoms with Crippen molar-refractivity contribution in [3.05, 3.63) is 23.5 Å². The maximum atomic E-state index is 5.79. The van der Waals surface area contributed by atoms with Crippen molar-refractivity contribution in [1.82, 2.24) is 10.3 Å². The molecule has 0 fully saturated rings. The van der Waals surface area contributed by atoms with Crippen LogP contribution in [0, 0.1) is 0 Å². The van der Waals surface area contributed by atoms with Crippen LogP contribution in [0.25, 0.3) is 0 Å². The van der Waals surface area contributed by atoms with Crippen LogP contribution in [0.4, 0.5) is 0 Å². The smallest absolute Gasteiger partial charge is 0.139 e. The minimum absolute atomic E-state index is 0.584. The molecule has 0 aliphatic rings. The summed E-state index contributed by atoms with van der Waals surface area (Å²) in [5.74, 6) is 0.721. The standard InChI is InChI=1S/C12H19ClN2O/c1-3-11(4-2)15-5-6-16-12-7-10(13)8-14-9-12/h7-9,11,15H,3-6H2,1-2H3. The average Bonchev–Trinajstić information content (AvgIpc) is 2.29. The van der Waals surface area contributed by atoms with Gasteiger partial charge in [-0.15, -0.1) is 0 Å². The van der Waals surface area contributed by atoms with Gasteiger partial charge >= 0.3 is 0 Å². The second-order valence-corrected chi connectivity index (χ2v) is 4.09. The van der Waals surface area contributed by atoms with Crippen molar-refractivity contribution >= 4 is 11.6 Å². The molecule has 0 amide bonds. The van der Waals surface area contributed by atoms with Crippen LogP contribution in [-0.2, 0) is 0 Å². The molecule has 1 heterocycles. The number of rotatable bonds is 7. The first-order valence-electron chi connectivity index (χ1n) is 5.73. The summed E-state index contributed by atoms with van der Waals surface area (Å²) >= 11 is 5.79. The molecule has 0 radical (unpaired) electrons. The third kappa shape index (κ3) is 4.81. The summed E-state index contributed by atoms with van der Waals surface area (Å²) in [4.78, 5) is 3.95. The molecule has 4 heteroatoms. The molecule has 0 saturated heterocycles. The van der Waals surface area contributed by atoms with Crippen molar-refractivity contribution in [3.63, 3.8) is 0 Å². The Bertz CT molecular complexity index is 303. The zero-order valence-corrected chi connectivity index (χ0v) is 10.6. The number of aromatic nitrogens is 1. The molecule has 1 aromatic heterocycles. The molecule has 1 N–H and O–H groups in total. The zero-order valence-electron chi connectivity index (χ0n) is 9.87. The predicted octanol–water partition coefficient (Wildman–Crippen LogP) is 2.89. The summed E-state index contributed by atoms with van der Waals surface area (Å²) in [6.07, 6.45) is 5.56. The number of pyridine rings is 1. The molecule has 0 saturated carbocycles. The first kappa shape index (κ1) is 13.3. The highest BCUT2D eigenvalue weighted by Crippen LogP contribution is 2.14. The molecule has 0 aliphatic heterocycles. The van der Waals surface area contributed by atoms with Gasteiger partial charge in [-0.25, -0.2) is 0 Å². The molecule has 0 aliphatic carbocycles.